The molecule has 0 spiro atoms. The fraction of sp³-hybridized carbons (Fsp3) is 0.268. The highest BCUT2D eigenvalue weighted by molar-refractivity contribution is 7.41. The Morgan fingerprint density at radius 1 is 0.701 bits per heavy atom. The van der Waals surface area contributed by atoms with E-state index in [1.54, 1.807) is 86.6 Å². The van der Waals surface area contributed by atoms with Crippen molar-refractivity contribution in [2.24, 2.45) is 0 Å². The summed E-state index contributed by atoms with van der Waals surface area (Å²) >= 11 is 0. The van der Waals surface area contributed by atoms with Crippen LogP contribution in [0.15, 0.2) is 168 Å². The molecule has 2 aliphatic rings. The number of nitrogens with one attached hydrogen (secondary N) is 2. The van der Waals surface area contributed by atoms with Gasteiger partial charge in [-0.3, -0.25) is 23.7 Å². The lowest BCUT2D eigenvalue weighted by molar-refractivity contribution is -0.0925. The highest BCUT2D eigenvalue weighted by Crippen LogP contribution is 2.48. The van der Waals surface area contributed by atoms with Gasteiger partial charge in [0.2, 0.25) is 0 Å². The van der Waals surface area contributed by atoms with Crippen molar-refractivity contribution in [1.82, 2.24) is 29.1 Å². The largest absolute Gasteiger partial charge is 0.497 e. The zero-order valence-electron chi connectivity index (χ0n) is 42.3. The Morgan fingerprint density at radius 2 is 1.27 bits per heavy atom. The second-order valence-corrected chi connectivity index (χ2v) is 19.3. The molecule has 396 valence electrons. The van der Waals surface area contributed by atoms with Crippen molar-refractivity contribution in [2.75, 3.05) is 39.9 Å². The van der Waals surface area contributed by atoms with Gasteiger partial charge in [-0.1, -0.05) is 91.0 Å². The van der Waals surface area contributed by atoms with E-state index in [1.165, 1.54) is 24.2 Å². The number of hydrogen-bond acceptors (Lipinski definition) is 16. The summed E-state index contributed by atoms with van der Waals surface area (Å²) in [6.45, 7) is 1.31. The Kier molecular flexibility index (Phi) is 16.0. The molecular weight excluding hydrogens is 1010 g/mol. The van der Waals surface area contributed by atoms with E-state index in [1.807, 2.05) is 84.9 Å². The molecule has 5 heterocycles. The van der Waals surface area contributed by atoms with Crippen LogP contribution in [0.5, 0.6) is 11.5 Å². The number of carbonyl (C=O) groups excluding carboxylic acids is 2. The number of carbonyl (C=O) groups is 2. The number of aromatic nitrogens is 6. The lowest BCUT2D eigenvalue weighted by atomic mass is 9.80. The summed E-state index contributed by atoms with van der Waals surface area (Å²) in [7, 11) is 2.45. The summed E-state index contributed by atoms with van der Waals surface area (Å²) < 4.78 is 60.0. The number of H-pyrrole nitrogens is 1. The van der Waals surface area contributed by atoms with Crippen LogP contribution >= 0.6 is 8.60 Å². The van der Waals surface area contributed by atoms with Crippen molar-refractivity contribution >= 4 is 37.5 Å². The van der Waals surface area contributed by atoms with Gasteiger partial charge in [-0.05, 0) is 72.1 Å². The molecule has 10 rings (SSSR count). The monoisotopic (exact) mass is 1060 g/mol. The number of imidazole rings is 1. The number of benzene rings is 5. The van der Waals surface area contributed by atoms with Crippen LogP contribution in [0.3, 0.4) is 0 Å². The molecule has 2 saturated heterocycles. The quantitative estimate of drug-likeness (QED) is 0.0418. The molecule has 0 saturated carbocycles. The molecule has 2 fully saturated rings. The zero-order valence-corrected chi connectivity index (χ0v) is 43.2. The third-order valence-electron chi connectivity index (χ3n) is 13.4. The predicted molar refractivity (Wildman–Crippen MR) is 281 cm³/mol. The number of fused-ring (bicyclic) bond motifs is 1. The Morgan fingerprint density at radius 3 is 1.90 bits per heavy atom. The minimum Gasteiger partial charge on any atom is -0.497 e. The van der Waals surface area contributed by atoms with Crippen LogP contribution in [0.4, 0.5) is 5.82 Å². The van der Waals surface area contributed by atoms with E-state index in [0.717, 1.165) is 16.7 Å². The van der Waals surface area contributed by atoms with Crippen LogP contribution < -0.4 is 26.0 Å². The average Bonchev–Trinajstić information content (AvgIpc) is 4.24. The molecule has 0 aliphatic carbocycles. The summed E-state index contributed by atoms with van der Waals surface area (Å²) in [5.74, 6) is 0.558. The summed E-state index contributed by atoms with van der Waals surface area (Å²) in [4.78, 5) is 68.0. The van der Waals surface area contributed by atoms with Gasteiger partial charge >= 0.3 is 20.3 Å². The Bertz CT molecular complexity index is 3370. The maximum Gasteiger partial charge on any atom is 0.338 e. The Labute approximate surface area is 442 Å². The van der Waals surface area contributed by atoms with Gasteiger partial charge in [0, 0.05) is 37.3 Å². The Balaban J connectivity index is 0.966. The van der Waals surface area contributed by atoms with Gasteiger partial charge in [-0.15, -0.1) is 0 Å². The molecule has 2 N–H and O–H groups in total. The first-order valence-electron chi connectivity index (χ1n) is 24.6. The number of anilines is 1. The standard InChI is InChI=1S/C56H54N7O13P/c1-35-30-62(55(67)61-52(35)64)47-28-43(75-54(66)37-16-10-6-11-17-37)46(74-47)32-72-77(70-4)76-44-29-48(63-34-59-49-50(57-33-58-51(49)63)60-53(65)36-14-8-5-9-15-36)73-45(44)31-71-56(38-18-12-7-13-19-38,39-20-24-41(68-2)25-21-39)40-22-26-42(69-3)27-23-40/h5-27,30,33-34,43-48H,28-29,31-32H2,1-4H3,(H,61,64,67)(H,57,58,60,65)/t43-,44-,45+,46+,47+,48+,77?/m0/s1. The van der Waals surface area contributed by atoms with E-state index >= 15 is 0 Å². The molecule has 0 radical (unpaired) electrons. The van der Waals surface area contributed by atoms with Crippen LogP contribution in [-0.2, 0) is 38.1 Å². The SMILES string of the molecule is COc1ccc(C(OC[C@H]2O[C@@H](n3cnc4c(NC(=O)c5ccccc5)ncnc43)C[C@@H]2OP(OC)OC[C@H]2O[C@@H](n3cc(C)c(=O)[nH]c3=O)C[C@@H]2OC(=O)c2ccccc2)(c2ccccc2)c2ccc(OC)cc2)cc1. The van der Waals surface area contributed by atoms with Crippen LogP contribution in [-0.4, -0.2) is 99.9 Å². The van der Waals surface area contributed by atoms with E-state index in [9.17, 15) is 19.2 Å². The molecule has 20 nitrogen and oxygen atoms in total. The highest BCUT2D eigenvalue weighted by Gasteiger charge is 2.46. The van der Waals surface area contributed by atoms with Crippen LogP contribution in [0.1, 0.15) is 68.3 Å². The highest BCUT2D eigenvalue weighted by atomic mass is 31.2. The van der Waals surface area contributed by atoms with E-state index in [4.69, 9.17) is 42.0 Å². The van der Waals surface area contributed by atoms with E-state index in [-0.39, 0.29) is 43.3 Å². The number of aryl methyl sites for hydroxylation is 1. The lowest BCUT2D eigenvalue weighted by Gasteiger charge is -2.37. The van der Waals surface area contributed by atoms with Crippen LogP contribution in [0.2, 0.25) is 0 Å². The molecular formula is C56H54N7O13P. The van der Waals surface area contributed by atoms with Gasteiger partial charge in [-0.2, -0.15) is 0 Å². The molecule has 1 unspecified atom stereocenters. The molecule has 0 bridgehead atoms. The van der Waals surface area contributed by atoms with Crippen LogP contribution in [0.25, 0.3) is 11.2 Å². The van der Waals surface area contributed by atoms with Crippen molar-refractivity contribution < 1.29 is 51.6 Å². The van der Waals surface area contributed by atoms with Crippen molar-refractivity contribution in [3.05, 3.63) is 213 Å². The average molecular weight is 1060 g/mol. The van der Waals surface area contributed by atoms with Gasteiger partial charge in [0.15, 0.2) is 17.0 Å². The minimum absolute atomic E-state index is 0.0563. The van der Waals surface area contributed by atoms with Crippen molar-refractivity contribution in [1.29, 1.82) is 0 Å². The number of rotatable bonds is 20. The number of amides is 1. The lowest BCUT2D eigenvalue weighted by Crippen LogP contribution is -2.38. The third-order valence-corrected chi connectivity index (χ3v) is 14.5. The van der Waals surface area contributed by atoms with Gasteiger partial charge in [-0.25, -0.2) is 24.5 Å². The summed E-state index contributed by atoms with van der Waals surface area (Å²) in [6.07, 6.45) is -0.520. The molecule has 5 aromatic carbocycles. The first kappa shape index (κ1) is 52.5. The van der Waals surface area contributed by atoms with Crippen molar-refractivity contribution in [3.8, 4) is 11.5 Å². The number of hydrogen-bond donors (Lipinski definition) is 2. The van der Waals surface area contributed by atoms with Gasteiger partial charge in [0.05, 0.1) is 45.4 Å². The summed E-state index contributed by atoms with van der Waals surface area (Å²) in [5, 5.41) is 2.87. The predicted octanol–water partition coefficient (Wildman–Crippen LogP) is 8.04. The molecule has 77 heavy (non-hydrogen) atoms. The maximum atomic E-state index is 13.5. The third kappa shape index (κ3) is 11.3. The number of aromatic amines is 1. The number of nitrogens with zero attached hydrogens (tertiary/aromatic N) is 5. The van der Waals surface area contributed by atoms with E-state index < -0.39 is 68.3 Å². The first-order valence-corrected chi connectivity index (χ1v) is 25.7. The molecule has 1 amide bonds. The first-order chi connectivity index (χ1) is 37.5. The number of methoxy groups -OCH3 is 2. The van der Waals surface area contributed by atoms with Crippen LogP contribution in [0, 0.1) is 6.92 Å². The maximum absolute atomic E-state index is 13.5. The topological polar surface area (TPSA) is 228 Å². The number of ether oxygens (including phenoxy) is 6. The Hall–Kier alpha value is -7.94. The fourth-order valence-corrected chi connectivity index (χ4v) is 10.4. The molecule has 2 aliphatic heterocycles. The molecule has 7 atom stereocenters. The van der Waals surface area contributed by atoms with Gasteiger partial charge in [0.25, 0.3) is 11.5 Å². The molecule has 8 aromatic rings. The van der Waals surface area contributed by atoms with Crippen molar-refractivity contribution in [3.63, 3.8) is 0 Å². The normalized spacial score (nSPS) is 19.7. The fourth-order valence-electron chi connectivity index (χ4n) is 9.43. The molecule has 21 heteroatoms. The summed E-state index contributed by atoms with van der Waals surface area (Å²) in [6, 6.07) is 42.4. The van der Waals surface area contributed by atoms with Gasteiger partial charge in [0.1, 0.15) is 54.2 Å². The minimum atomic E-state index is -2.21. The summed E-state index contributed by atoms with van der Waals surface area (Å²) in [5.41, 5.74) is 1.73. The van der Waals surface area contributed by atoms with E-state index in [2.05, 4.69) is 25.3 Å². The second-order valence-electron chi connectivity index (χ2n) is 18.0. The van der Waals surface area contributed by atoms with Crippen molar-refractivity contribution in [2.45, 2.75) is 62.2 Å². The van der Waals surface area contributed by atoms with E-state index in [0.29, 0.717) is 33.8 Å². The molecule has 3 aromatic heterocycles. The smallest absolute Gasteiger partial charge is 0.338 e. The number of esters is 1. The second kappa shape index (κ2) is 23.5. The zero-order chi connectivity index (χ0) is 53.5. The van der Waals surface area contributed by atoms with Gasteiger partial charge < -0.3 is 47.3 Å².